The van der Waals surface area contributed by atoms with Crippen molar-refractivity contribution in [2.75, 3.05) is 13.1 Å². The molecular formula is C10H21NO3. The largest absolute Gasteiger partial charge is 0.391 e. The summed E-state index contributed by atoms with van der Waals surface area (Å²) in [6.45, 7) is 8.07. The molecule has 0 spiro atoms. The predicted molar refractivity (Wildman–Crippen MR) is 54.1 cm³/mol. The Kier molecular flexibility index (Phi) is 5.26. The lowest BCUT2D eigenvalue weighted by molar-refractivity contribution is -0.146. The lowest BCUT2D eigenvalue weighted by Crippen LogP contribution is -2.37. The third kappa shape index (κ3) is 8.16. The molecule has 1 rings (SSSR count). The van der Waals surface area contributed by atoms with E-state index in [0.717, 1.165) is 0 Å². The van der Waals surface area contributed by atoms with Gasteiger partial charge < -0.3 is 10.3 Å². The first-order valence-corrected chi connectivity index (χ1v) is 4.89. The van der Waals surface area contributed by atoms with Gasteiger partial charge in [-0.15, -0.1) is 0 Å². The van der Waals surface area contributed by atoms with Crippen LogP contribution < -0.4 is 0 Å². The van der Waals surface area contributed by atoms with Crippen molar-refractivity contribution < 1.29 is 15.1 Å². The summed E-state index contributed by atoms with van der Waals surface area (Å²) in [5.74, 6) is 0.282. The number of hydroxylamine groups is 2. The quantitative estimate of drug-likeness (QED) is 0.618. The van der Waals surface area contributed by atoms with Gasteiger partial charge in [-0.1, -0.05) is 6.92 Å². The van der Waals surface area contributed by atoms with Crippen LogP contribution in [0.25, 0.3) is 0 Å². The van der Waals surface area contributed by atoms with Gasteiger partial charge in [-0.05, 0) is 20.8 Å². The van der Waals surface area contributed by atoms with E-state index < -0.39 is 5.60 Å². The number of hydrogen-bond donors (Lipinski definition) is 2. The molecule has 0 aromatic heterocycles. The van der Waals surface area contributed by atoms with Crippen LogP contribution in [0.2, 0.25) is 0 Å². The maximum Gasteiger partial charge on any atom is 0.138 e. The molecule has 4 nitrogen and oxygen atoms in total. The lowest BCUT2D eigenvalue weighted by atomic mass is 10.0. The summed E-state index contributed by atoms with van der Waals surface area (Å²) >= 11 is 0. The van der Waals surface area contributed by atoms with Gasteiger partial charge in [0.25, 0.3) is 0 Å². The van der Waals surface area contributed by atoms with E-state index in [4.69, 9.17) is 10.3 Å². The van der Waals surface area contributed by atoms with E-state index in [-0.39, 0.29) is 11.7 Å². The summed E-state index contributed by atoms with van der Waals surface area (Å²) in [4.78, 5) is 10.8. The van der Waals surface area contributed by atoms with Crippen molar-refractivity contribution in [3.63, 3.8) is 0 Å². The minimum Gasteiger partial charge on any atom is -0.391 e. The average molecular weight is 203 g/mol. The van der Waals surface area contributed by atoms with Gasteiger partial charge >= 0.3 is 0 Å². The molecule has 4 heteroatoms. The molecule has 0 aromatic rings. The number of ketones is 1. The molecule has 1 aliphatic rings. The number of carbonyl (C=O) groups excluding carboxylic acids is 1. The molecule has 14 heavy (non-hydrogen) atoms. The number of carbonyl (C=O) groups is 1. The molecule has 0 bridgehead atoms. The Morgan fingerprint density at radius 1 is 1.43 bits per heavy atom. The Morgan fingerprint density at radius 2 is 1.86 bits per heavy atom. The van der Waals surface area contributed by atoms with Crippen LogP contribution in [-0.2, 0) is 4.79 Å². The number of aliphatic hydroxyl groups is 1. The highest BCUT2D eigenvalue weighted by Gasteiger charge is 2.21. The zero-order valence-corrected chi connectivity index (χ0v) is 9.45. The van der Waals surface area contributed by atoms with Crippen molar-refractivity contribution in [1.82, 2.24) is 5.06 Å². The van der Waals surface area contributed by atoms with Crippen molar-refractivity contribution in [3.8, 4) is 0 Å². The topological polar surface area (TPSA) is 60.8 Å². The van der Waals surface area contributed by atoms with Gasteiger partial charge in [0.2, 0.25) is 0 Å². The molecule has 1 fully saturated rings. The number of rotatable bonds is 0. The third-order valence-corrected chi connectivity index (χ3v) is 1.65. The smallest absolute Gasteiger partial charge is 0.138 e. The predicted octanol–water partition coefficient (Wildman–Crippen LogP) is 1.06. The second-order valence-corrected chi connectivity index (χ2v) is 4.70. The van der Waals surface area contributed by atoms with Crippen molar-refractivity contribution in [3.05, 3.63) is 0 Å². The van der Waals surface area contributed by atoms with Crippen LogP contribution in [0, 0.1) is 5.92 Å². The molecule has 1 aliphatic heterocycles. The van der Waals surface area contributed by atoms with Gasteiger partial charge in [0, 0.05) is 25.4 Å². The van der Waals surface area contributed by atoms with E-state index in [9.17, 15) is 4.79 Å². The fraction of sp³-hybridized carbons (Fsp3) is 0.900. The van der Waals surface area contributed by atoms with Crippen LogP contribution >= 0.6 is 0 Å². The average Bonchev–Trinajstić information content (AvgIpc) is 1.94. The molecule has 0 saturated carbocycles. The van der Waals surface area contributed by atoms with E-state index in [1.54, 1.807) is 20.8 Å². The summed E-state index contributed by atoms with van der Waals surface area (Å²) in [5.41, 5.74) is -0.500. The Morgan fingerprint density at radius 3 is 2.14 bits per heavy atom. The molecule has 2 N–H and O–H groups in total. The van der Waals surface area contributed by atoms with E-state index >= 15 is 0 Å². The summed E-state index contributed by atoms with van der Waals surface area (Å²) in [7, 11) is 0. The van der Waals surface area contributed by atoms with Crippen molar-refractivity contribution in [2.24, 2.45) is 5.92 Å². The summed E-state index contributed by atoms with van der Waals surface area (Å²) in [6.07, 6.45) is 0.498. The first-order valence-electron chi connectivity index (χ1n) is 4.89. The van der Waals surface area contributed by atoms with Crippen LogP contribution in [0.1, 0.15) is 34.1 Å². The zero-order valence-electron chi connectivity index (χ0n) is 9.45. The lowest BCUT2D eigenvalue weighted by Gasteiger charge is -2.23. The Labute approximate surface area is 85.5 Å². The van der Waals surface area contributed by atoms with Crippen LogP contribution in [0.15, 0.2) is 0 Å². The molecule has 84 valence electrons. The SMILES string of the molecule is CC(C)(C)O.CC1CN(O)CCC1=O. The summed E-state index contributed by atoms with van der Waals surface area (Å²) in [5, 5.41) is 18.6. The molecule has 0 amide bonds. The molecule has 0 aromatic carbocycles. The molecule has 1 atom stereocenters. The molecule has 1 unspecified atom stereocenters. The number of nitrogens with zero attached hydrogens (tertiary/aromatic N) is 1. The second-order valence-electron chi connectivity index (χ2n) is 4.70. The van der Waals surface area contributed by atoms with Crippen molar-refractivity contribution in [1.29, 1.82) is 0 Å². The Balaban J connectivity index is 0.000000292. The summed E-state index contributed by atoms with van der Waals surface area (Å²) in [6, 6.07) is 0. The molecular weight excluding hydrogens is 182 g/mol. The van der Waals surface area contributed by atoms with Crippen LogP contribution in [0.3, 0.4) is 0 Å². The third-order valence-electron chi connectivity index (χ3n) is 1.65. The Hall–Kier alpha value is -0.450. The molecule has 1 heterocycles. The van der Waals surface area contributed by atoms with E-state index in [1.165, 1.54) is 5.06 Å². The minimum absolute atomic E-state index is 0.0174. The van der Waals surface area contributed by atoms with Gasteiger partial charge in [0.15, 0.2) is 0 Å². The number of piperidine rings is 1. The van der Waals surface area contributed by atoms with Crippen LogP contribution in [-0.4, -0.2) is 39.9 Å². The Bertz CT molecular complexity index is 180. The summed E-state index contributed by atoms with van der Waals surface area (Å²) < 4.78 is 0. The maximum atomic E-state index is 10.8. The van der Waals surface area contributed by atoms with Gasteiger partial charge in [0.05, 0.1) is 5.60 Å². The second kappa shape index (κ2) is 5.44. The van der Waals surface area contributed by atoms with Gasteiger partial charge in [0.1, 0.15) is 5.78 Å². The van der Waals surface area contributed by atoms with E-state index in [0.29, 0.717) is 19.5 Å². The fourth-order valence-electron chi connectivity index (χ4n) is 0.995. The highest BCUT2D eigenvalue weighted by atomic mass is 16.5. The zero-order chi connectivity index (χ0) is 11.4. The first-order chi connectivity index (χ1) is 6.20. The van der Waals surface area contributed by atoms with E-state index in [2.05, 4.69) is 0 Å². The fourth-order valence-corrected chi connectivity index (χ4v) is 0.995. The monoisotopic (exact) mass is 203 g/mol. The maximum absolute atomic E-state index is 10.8. The van der Waals surface area contributed by atoms with Crippen LogP contribution in [0.4, 0.5) is 0 Å². The molecule has 1 saturated heterocycles. The van der Waals surface area contributed by atoms with E-state index in [1.807, 2.05) is 6.92 Å². The standard InChI is InChI=1S/C6H11NO2.C4H10O/c1-5-4-7(9)3-2-6(5)8;1-4(2,3)5/h5,9H,2-4H2,1H3;5H,1-3H3. The minimum atomic E-state index is -0.500. The van der Waals surface area contributed by atoms with Crippen LogP contribution in [0.5, 0.6) is 0 Å². The van der Waals surface area contributed by atoms with Gasteiger partial charge in [-0.2, -0.15) is 5.06 Å². The normalized spacial score (nSPS) is 24.1. The van der Waals surface area contributed by atoms with Crippen molar-refractivity contribution in [2.45, 2.75) is 39.7 Å². The first kappa shape index (κ1) is 13.5. The molecule has 0 radical (unpaired) electrons. The highest BCUT2D eigenvalue weighted by Crippen LogP contribution is 2.09. The molecule has 0 aliphatic carbocycles. The van der Waals surface area contributed by atoms with Crippen molar-refractivity contribution >= 4 is 5.78 Å². The number of hydrogen-bond acceptors (Lipinski definition) is 4. The van der Waals surface area contributed by atoms with Gasteiger partial charge in [-0.25, -0.2) is 0 Å². The number of Topliss-reactive ketones (excluding diaryl/α,β-unsaturated/α-hetero) is 1. The van der Waals surface area contributed by atoms with Gasteiger partial charge in [-0.3, -0.25) is 4.79 Å². The highest BCUT2D eigenvalue weighted by molar-refractivity contribution is 5.81.